The van der Waals surface area contributed by atoms with Crippen LogP contribution in [0.1, 0.15) is 65.2 Å². The van der Waals surface area contributed by atoms with Crippen LogP contribution in [0.15, 0.2) is 4.99 Å². The number of hydrogen-bond donors (Lipinski definition) is 2. The van der Waals surface area contributed by atoms with Crippen LogP contribution < -0.4 is 11.3 Å². The minimum atomic E-state index is 0.530. The van der Waals surface area contributed by atoms with Crippen molar-refractivity contribution in [3.8, 4) is 0 Å². The summed E-state index contributed by atoms with van der Waals surface area (Å²) in [7, 11) is 0. The lowest BCUT2D eigenvalue weighted by Gasteiger charge is -2.19. The molecule has 1 fully saturated rings. The molecule has 0 aromatic heterocycles. The SMILES string of the molecule is CCCC(CCC)C(=NC1CCCC1)NN. The first-order valence-electron chi connectivity index (χ1n) is 6.86. The minimum Gasteiger partial charge on any atom is -0.312 e. The second-order valence-corrected chi connectivity index (χ2v) is 4.87. The lowest BCUT2D eigenvalue weighted by Crippen LogP contribution is -2.37. The van der Waals surface area contributed by atoms with Crippen LogP contribution >= 0.6 is 0 Å². The highest BCUT2D eigenvalue weighted by molar-refractivity contribution is 5.84. The highest BCUT2D eigenvalue weighted by Gasteiger charge is 2.18. The smallest absolute Gasteiger partial charge is 0.114 e. The summed E-state index contributed by atoms with van der Waals surface area (Å²) in [6.07, 6.45) is 9.96. The zero-order valence-electron chi connectivity index (χ0n) is 10.8. The van der Waals surface area contributed by atoms with Gasteiger partial charge in [0, 0.05) is 5.92 Å². The molecular weight excluding hydrogens is 198 g/mol. The van der Waals surface area contributed by atoms with Gasteiger partial charge in [0.1, 0.15) is 5.84 Å². The molecule has 3 N–H and O–H groups in total. The molecule has 0 bridgehead atoms. The second kappa shape index (κ2) is 7.66. The number of nitrogens with zero attached hydrogens (tertiary/aromatic N) is 1. The largest absolute Gasteiger partial charge is 0.312 e. The van der Waals surface area contributed by atoms with Crippen molar-refractivity contribution in [3.63, 3.8) is 0 Å². The van der Waals surface area contributed by atoms with Crippen molar-refractivity contribution >= 4 is 5.84 Å². The van der Waals surface area contributed by atoms with Gasteiger partial charge in [-0.1, -0.05) is 39.5 Å². The van der Waals surface area contributed by atoms with Crippen LogP contribution in [-0.4, -0.2) is 11.9 Å². The van der Waals surface area contributed by atoms with Crippen molar-refractivity contribution in [2.45, 2.75) is 71.3 Å². The molecule has 3 nitrogen and oxygen atoms in total. The molecule has 3 heteroatoms. The molecule has 0 saturated heterocycles. The zero-order valence-corrected chi connectivity index (χ0v) is 10.8. The summed E-state index contributed by atoms with van der Waals surface area (Å²) in [5.41, 5.74) is 2.85. The molecule has 0 amide bonds. The van der Waals surface area contributed by atoms with E-state index in [1.807, 2.05) is 0 Å². The van der Waals surface area contributed by atoms with E-state index in [2.05, 4.69) is 19.3 Å². The van der Waals surface area contributed by atoms with Gasteiger partial charge in [-0.05, 0) is 25.7 Å². The van der Waals surface area contributed by atoms with Crippen LogP contribution in [0.2, 0.25) is 0 Å². The van der Waals surface area contributed by atoms with Crippen molar-refractivity contribution in [1.82, 2.24) is 5.43 Å². The Balaban J connectivity index is 2.59. The van der Waals surface area contributed by atoms with Gasteiger partial charge in [-0.15, -0.1) is 0 Å². The maximum Gasteiger partial charge on any atom is 0.114 e. The van der Waals surface area contributed by atoms with Crippen molar-refractivity contribution in [3.05, 3.63) is 0 Å². The molecule has 1 aliphatic carbocycles. The molecule has 0 aromatic rings. The first-order valence-corrected chi connectivity index (χ1v) is 6.86. The highest BCUT2D eigenvalue weighted by atomic mass is 15.3. The summed E-state index contributed by atoms with van der Waals surface area (Å²) in [5, 5.41) is 0. The summed E-state index contributed by atoms with van der Waals surface area (Å²) >= 11 is 0. The Morgan fingerprint density at radius 3 is 2.25 bits per heavy atom. The van der Waals surface area contributed by atoms with Gasteiger partial charge in [0.25, 0.3) is 0 Å². The van der Waals surface area contributed by atoms with Crippen LogP contribution in [0.4, 0.5) is 0 Å². The van der Waals surface area contributed by atoms with Gasteiger partial charge in [-0.3, -0.25) is 4.99 Å². The van der Waals surface area contributed by atoms with Crippen LogP contribution in [0.3, 0.4) is 0 Å². The summed E-state index contributed by atoms with van der Waals surface area (Å²) in [6.45, 7) is 4.46. The summed E-state index contributed by atoms with van der Waals surface area (Å²) in [6, 6.07) is 0.530. The molecule has 0 aliphatic heterocycles. The van der Waals surface area contributed by atoms with E-state index in [0.29, 0.717) is 12.0 Å². The normalized spacial score (nSPS) is 18.4. The number of hydrazine groups is 1. The van der Waals surface area contributed by atoms with E-state index in [1.165, 1.54) is 51.4 Å². The molecule has 94 valence electrons. The van der Waals surface area contributed by atoms with Gasteiger partial charge in [0.15, 0.2) is 0 Å². The fourth-order valence-electron chi connectivity index (χ4n) is 2.61. The number of rotatable bonds is 6. The standard InChI is InChI=1S/C13H27N3/c1-3-7-11(8-4-2)13(16-14)15-12-9-5-6-10-12/h11-12H,3-10,14H2,1-2H3,(H,15,16). The highest BCUT2D eigenvalue weighted by Crippen LogP contribution is 2.23. The lowest BCUT2D eigenvalue weighted by atomic mass is 9.97. The van der Waals surface area contributed by atoms with E-state index in [0.717, 1.165) is 5.84 Å². The van der Waals surface area contributed by atoms with Gasteiger partial charge in [0.05, 0.1) is 6.04 Å². The third-order valence-corrected chi connectivity index (χ3v) is 3.46. The third kappa shape index (κ3) is 4.12. The molecule has 0 radical (unpaired) electrons. The van der Waals surface area contributed by atoms with E-state index < -0.39 is 0 Å². The van der Waals surface area contributed by atoms with Crippen LogP contribution in [0, 0.1) is 5.92 Å². The van der Waals surface area contributed by atoms with E-state index in [4.69, 9.17) is 10.8 Å². The topological polar surface area (TPSA) is 50.4 Å². The fraction of sp³-hybridized carbons (Fsp3) is 0.923. The molecule has 0 aromatic carbocycles. The van der Waals surface area contributed by atoms with E-state index in [1.54, 1.807) is 0 Å². The number of aliphatic imine (C=N–C) groups is 1. The molecule has 0 unspecified atom stereocenters. The van der Waals surface area contributed by atoms with Crippen LogP contribution in [0.25, 0.3) is 0 Å². The molecule has 0 atom stereocenters. The van der Waals surface area contributed by atoms with Gasteiger partial charge < -0.3 is 5.43 Å². The molecule has 16 heavy (non-hydrogen) atoms. The minimum absolute atomic E-state index is 0.530. The molecular formula is C13H27N3. The lowest BCUT2D eigenvalue weighted by molar-refractivity contribution is 0.536. The number of nitrogens with one attached hydrogen (secondary N) is 1. The van der Waals surface area contributed by atoms with Gasteiger partial charge in [-0.2, -0.15) is 0 Å². The summed E-state index contributed by atoms with van der Waals surface area (Å²) in [5.74, 6) is 7.23. The van der Waals surface area contributed by atoms with Crippen molar-refractivity contribution in [2.75, 3.05) is 0 Å². The van der Waals surface area contributed by atoms with Gasteiger partial charge in [0.2, 0.25) is 0 Å². The average molecular weight is 225 g/mol. The first kappa shape index (κ1) is 13.5. The Hall–Kier alpha value is -0.570. The monoisotopic (exact) mass is 225 g/mol. The van der Waals surface area contributed by atoms with E-state index in [-0.39, 0.29) is 0 Å². The number of amidine groups is 1. The quantitative estimate of drug-likeness (QED) is 0.316. The van der Waals surface area contributed by atoms with E-state index in [9.17, 15) is 0 Å². The Morgan fingerprint density at radius 1 is 1.25 bits per heavy atom. The van der Waals surface area contributed by atoms with E-state index >= 15 is 0 Å². The van der Waals surface area contributed by atoms with Crippen molar-refractivity contribution in [1.29, 1.82) is 0 Å². The predicted molar refractivity (Wildman–Crippen MR) is 70.3 cm³/mol. The maximum atomic E-state index is 5.63. The number of hydrogen-bond acceptors (Lipinski definition) is 2. The average Bonchev–Trinajstić information content (AvgIpc) is 2.78. The molecule has 0 heterocycles. The summed E-state index contributed by atoms with van der Waals surface area (Å²) < 4.78 is 0. The zero-order chi connectivity index (χ0) is 11.8. The maximum absolute atomic E-state index is 5.63. The van der Waals surface area contributed by atoms with Crippen LogP contribution in [0.5, 0.6) is 0 Å². The van der Waals surface area contributed by atoms with Crippen molar-refractivity contribution in [2.24, 2.45) is 16.8 Å². The Kier molecular flexibility index (Phi) is 6.46. The van der Waals surface area contributed by atoms with Gasteiger partial charge >= 0.3 is 0 Å². The van der Waals surface area contributed by atoms with Crippen LogP contribution in [-0.2, 0) is 0 Å². The third-order valence-electron chi connectivity index (χ3n) is 3.46. The Bertz CT molecular complexity index is 201. The molecule has 0 spiro atoms. The number of nitrogens with two attached hydrogens (primary N) is 1. The molecule has 1 saturated carbocycles. The summed E-state index contributed by atoms with van der Waals surface area (Å²) in [4.78, 5) is 4.81. The fourth-order valence-corrected chi connectivity index (χ4v) is 2.61. The molecule has 1 aliphatic rings. The second-order valence-electron chi connectivity index (χ2n) is 4.87. The Morgan fingerprint density at radius 2 is 1.81 bits per heavy atom. The molecule has 1 rings (SSSR count). The first-order chi connectivity index (χ1) is 7.81. The van der Waals surface area contributed by atoms with Gasteiger partial charge in [-0.25, -0.2) is 5.84 Å². The van der Waals surface area contributed by atoms with Crippen molar-refractivity contribution < 1.29 is 0 Å². The predicted octanol–water partition coefficient (Wildman–Crippen LogP) is 3.01. The Labute approximate surface area is 99.9 Å².